The number of methoxy groups -OCH3 is 1. The molecular formula is C19H17ClN4O3. The van der Waals surface area contributed by atoms with Crippen LogP contribution in [0.15, 0.2) is 58.1 Å². The van der Waals surface area contributed by atoms with E-state index < -0.39 is 5.69 Å². The number of benzene rings is 2. The van der Waals surface area contributed by atoms with Crippen molar-refractivity contribution in [2.45, 2.75) is 13.1 Å². The summed E-state index contributed by atoms with van der Waals surface area (Å²) in [6.45, 7) is 1.19. The van der Waals surface area contributed by atoms with Gasteiger partial charge < -0.3 is 9.64 Å². The van der Waals surface area contributed by atoms with Gasteiger partial charge in [0, 0.05) is 23.8 Å². The van der Waals surface area contributed by atoms with Gasteiger partial charge in [0.15, 0.2) is 0 Å². The number of hydrogen-bond acceptors (Lipinski definition) is 5. The van der Waals surface area contributed by atoms with E-state index in [1.807, 2.05) is 29.2 Å². The van der Waals surface area contributed by atoms with Crippen LogP contribution in [-0.4, -0.2) is 27.8 Å². The van der Waals surface area contributed by atoms with Gasteiger partial charge in [-0.2, -0.15) is 4.98 Å². The fourth-order valence-corrected chi connectivity index (χ4v) is 3.26. The molecule has 0 N–H and O–H groups in total. The minimum Gasteiger partial charge on any atom is -0.497 e. The van der Waals surface area contributed by atoms with Crippen molar-refractivity contribution in [3.8, 4) is 5.75 Å². The third-order valence-corrected chi connectivity index (χ3v) is 4.81. The Hall–Kier alpha value is -3.06. The molecule has 2 heterocycles. The summed E-state index contributed by atoms with van der Waals surface area (Å²) in [5.41, 5.74) is 0.729. The quantitative estimate of drug-likeness (QED) is 0.690. The zero-order valence-corrected chi connectivity index (χ0v) is 15.4. The van der Waals surface area contributed by atoms with Crippen molar-refractivity contribution in [1.29, 1.82) is 0 Å². The van der Waals surface area contributed by atoms with E-state index in [9.17, 15) is 9.59 Å². The molecule has 4 rings (SSSR count). The minimum atomic E-state index is -0.568. The smallest absolute Gasteiger partial charge is 0.355 e. The van der Waals surface area contributed by atoms with Crippen molar-refractivity contribution in [2.75, 3.05) is 18.6 Å². The first-order valence-electron chi connectivity index (χ1n) is 8.44. The second-order valence-electron chi connectivity index (χ2n) is 6.19. The molecular weight excluding hydrogens is 368 g/mol. The molecule has 2 aromatic carbocycles. The van der Waals surface area contributed by atoms with Crippen LogP contribution in [0.25, 0.3) is 0 Å². The van der Waals surface area contributed by atoms with Gasteiger partial charge in [0.05, 0.1) is 13.7 Å². The SMILES string of the molecule is COc1ccc(N2CCn3c2nc(=O)n(Cc2ccc(Cl)cc2)c3=O)cc1. The highest BCUT2D eigenvalue weighted by atomic mass is 35.5. The van der Waals surface area contributed by atoms with E-state index >= 15 is 0 Å². The Kier molecular flexibility index (Phi) is 4.45. The van der Waals surface area contributed by atoms with Gasteiger partial charge in [0.25, 0.3) is 0 Å². The van der Waals surface area contributed by atoms with E-state index in [2.05, 4.69) is 4.98 Å². The van der Waals surface area contributed by atoms with Gasteiger partial charge in [-0.25, -0.2) is 14.2 Å². The molecule has 0 atom stereocenters. The van der Waals surface area contributed by atoms with Gasteiger partial charge in [-0.15, -0.1) is 0 Å². The van der Waals surface area contributed by atoms with Gasteiger partial charge in [-0.05, 0) is 42.0 Å². The van der Waals surface area contributed by atoms with Crippen molar-refractivity contribution in [1.82, 2.24) is 14.1 Å². The predicted molar refractivity (Wildman–Crippen MR) is 103 cm³/mol. The zero-order chi connectivity index (χ0) is 19.0. The molecule has 1 aliphatic rings. The average molecular weight is 385 g/mol. The zero-order valence-electron chi connectivity index (χ0n) is 14.6. The summed E-state index contributed by atoms with van der Waals surface area (Å²) in [6, 6.07) is 14.4. The largest absolute Gasteiger partial charge is 0.497 e. The van der Waals surface area contributed by atoms with E-state index in [-0.39, 0.29) is 12.2 Å². The number of halogens is 1. The summed E-state index contributed by atoms with van der Waals surface area (Å²) in [7, 11) is 1.60. The van der Waals surface area contributed by atoms with E-state index in [4.69, 9.17) is 16.3 Å². The Labute approximate surface area is 160 Å². The topological polar surface area (TPSA) is 69.4 Å². The molecule has 0 spiro atoms. The molecule has 3 aromatic rings. The first kappa shape index (κ1) is 17.4. The highest BCUT2D eigenvalue weighted by Crippen LogP contribution is 2.27. The van der Waals surface area contributed by atoms with Crippen molar-refractivity contribution in [3.63, 3.8) is 0 Å². The number of rotatable bonds is 4. The van der Waals surface area contributed by atoms with Crippen LogP contribution in [0.1, 0.15) is 5.56 Å². The third-order valence-electron chi connectivity index (χ3n) is 4.56. The maximum Gasteiger partial charge on any atom is 0.355 e. The Morgan fingerprint density at radius 2 is 1.74 bits per heavy atom. The number of nitrogens with zero attached hydrogens (tertiary/aromatic N) is 4. The molecule has 0 aliphatic carbocycles. The van der Waals surface area contributed by atoms with Crippen LogP contribution < -0.4 is 21.0 Å². The molecule has 0 saturated carbocycles. The van der Waals surface area contributed by atoms with Crippen LogP contribution in [0.3, 0.4) is 0 Å². The second-order valence-corrected chi connectivity index (χ2v) is 6.63. The van der Waals surface area contributed by atoms with Gasteiger partial charge in [-0.3, -0.25) is 4.57 Å². The van der Waals surface area contributed by atoms with Crippen LogP contribution >= 0.6 is 11.6 Å². The lowest BCUT2D eigenvalue weighted by atomic mass is 10.2. The first-order valence-corrected chi connectivity index (χ1v) is 8.82. The van der Waals surface area contributed by atoms with E-state index in [1.54, 1.807) is 31.4 Å². The van der Waals surface area contributed by atoms with E-state index in [0.717, 1.165) is 21.6 Å². The normalized spacial score (nSPS) is 12.9. The minimum absolute atomic E-state index is 0.157. The summed E-state index contributed by atoms with van der Waals surface area (Å²) < 4.78 is 7.84. The number of ether oxygens (including phenoxy) is 1. The molecule has 0 radical (unpaired) electrons. The maximum atomic E-state index is 12.8. The summed E-state index contributed by atoms with van der Waals surface area (Å²) in [6.07, 6.45) is 0. The summed E-state index contributed by atoms with van der Waals surface area (Å²) in [5.74, 6) is 1.10. The second kappa shape index (κ2) is 6.92. The Morgan fingerprint density at radius 1 is 1.04 bits per heavy atom. The van der Waals surface area contributed by atoms with Crippen LogP contribution in [0, 0.1) is 0 Å². The lowest BCUT2D eigenvalue weighted by Gasteiger charge is -2.17. The maximum absolute atomic E-state index is 12.8. The third kappa shape index (κ3) is 3.21. The molecule has 1 aliphatic heterocycles. The van der Waals surface area contributed by atoms with Crippen molar-refractivity contribution in [3.05, 3.63) is 80.1 Å². The number of anilines is 2. The van der Waals surface area contributed by atoms with Crippen molar-refractivity contribution in [2.24, 2.45) is 0 Å². The Bertz CT molecular complexity index is 1090. The highest BCUT2D eigenvalue weighted by molar-refractivity contribution is 6.30. The standard InChI is InChI=1S/C19H17ClN4O3/c1-27-16-8-6-15(7-9-16)22-10-11-23-17(22)21-18(25)24(19(23)26)12-13-2-4-14(20)5-3-13/h2-9H,10-12H2,1H3. The molecule has 0 bridgehead atoms. The van der Waals surface area contributed by atoms with Crippen LogP contribution in [0.4, 0.5) is 11.6 Å². The Balaban J connectivity index is 1.70. The van der Waals surface area contributed by atoms with Gasteiger partial charge in [0.1, 0.15) is 5.75 Å². The number of fused-ring (bicyclic) bond motifs is 1. The summed E-state index contributed by atoms with van der Waals surface area (Å²) in [5, 5.41) is 0.602. The van der Waals surface area contributed by atoms with Gasteiger partial charge >= 0.3 is 11.4 Å². The predicted octanol–water partition coefficient (Wildman–Crippen LogP) is 2.27. The monoisotopic (exact) mass is 384 g/mol. The number of hydrogen-bond donors (Lipinski definition) is 0. The first-order chi connectivity index (χ1) is 13.1. The van der Waals surface area contributed by atoms with Crippen molar-refractivity contribution >= 4 is 23.2 Å². The van der Waals surface area contributed by atoms with Crippen molar-refractivity contribution < 1.29 is 4.74 Å². The highest BCUT2D eigenvalue weighted by Gasteiger charge is 2.25. The fraction of sp³-hybridized carbons (Fsp3) is 0.211. The van der Waals surface area contributed by atoms with Crippen LogP contribution in [0.5, 0.6) is 5.75 Å². The summed E-state index contributed by atoms with van der Waals surface area (Å²) in [4.78, 5) is 31.4. The average Bonchev–Trinajstić information content (AvgIpc) is 3.10. The Morgan fingerprint density at radius 3 is 2.41 bits per heavy atom. The molecule has 138 valence electrons. The summed E-state index contributed by atoms with van der Waals surface area (Å²) >= 11 is 5.89. The molecule has 7 nitrogen and oxygen atoms in total. The molecule has 0 fully saturated rings. The van der Waals surface area contributed by atoms with Gasteiger partial charge in [0.2, 0.25) is 5.95 Å². The number of aromatic nitrogens is 3. The molecule has 0 amide bonds. The van der Waals surface area contributed by atoms with Crippen LogP contribution in [0.2, 0.25) is 5.02 Å². The fourth-order valence-electron chi connectivity index (χ4n) is 3.14. The lowest BCUT2D eigenvalue weighted by molar-refractivity contribution is 0.415. The van der Waals surface area contributed by atoms with Gasteiger partial charge in [-0.1, -0.05) is 23.7 Å². The lowest BCUT2D eigenvalue weighted by Crippen LogP contribution is -2.41. The molecule has 8 heteroatoms. The van der Waals surface area contributed by atoms with E-state index in [1.165, 1.54) is 4.57 Å². The molecule has 0 unspecified atom stereocenters. The molecule has 27 heavy (non-hydrogen) atoms. The molecule has 1 aromatic heterocycles. The van der Waals surface area contributed by atoms with Crippen LogP contribution in [-0.2, 0) is 13.1 Å². The van der Waals surface area contributed by atoms with E-state index in [0.29, 0.717) is 24.1 Å². The molecule has 0 saturated heterocycles.